The van der Waals surface area contributed by atoms with E-state index in [0.29, 0.717) is 12.2 Å². The van der Waals surface area contributed by atoms with Crippen molar-refractivity contribution < 1.29 is 4.79 Å². The Morgan fingerprint density at radius 3 is 2.60 bits per heavy atom. The van der Waals surface area contributed by atoms with Crippen molar-refractivity contribution in [2.24, 2.45) is 0 Å². The van der Waals surface area contributed by atoms with Crippen LogP contribution in [-0.2, 0) is 4.79 Å². The van der Waals surface area contributed by atoms with E-state index in [1.165, 1.54) is 6.20 Å². The molecule has 0 aliphatic rings. The van der Waals surface area contributed by atoms with E-state index in [9.17, 15) is 4.79 Å². The van der Waals surface area contributed by atoms with Crippen LogP contribution in [0.1, 0.15) is 0 Å². The van der Waals surface area contributed by atoms with Crippen molar-refractivity contribution in [1.82, 2.24) is 5.32 Å². The van der Waals surface area contributed by atoms with Crippen molar-refractivity contribution in [2.45, 2.75) is 4.90 Å². The molecule has 0 aromatic heterocycles. The Balaban J connectivity index is 2.67. The summed E-state index contributed by atoms with van der Waals surface area (Å²) in [6.45, 7) is 0.305. The molecule has 102 valence electrons. The van der Waals surface area contributed by atoms with E-state index in [0.717, 1.165) is 16.7 Å². The van der Waals surface area contributed by atoms with Gasteiger partial charge in [-0.3, -0.25) is 4.79 Å². The lowest BCUT2D eigenvalue weighted by Gasteiger charge is -2.04. The fraction of sp³-hybridized carbons (Fsp3) is 0.154. The predicted octanol–water partition coefficient (Wildman–Crippen LogP) is 2.43. The van der Waals surface area contributed by atoms with Gasteiger partial charge in [0.25, 0.3) is 5.91 Å². The summed E-state index contributed by atoms with van der Waals surface area (Å²) in [6, 6.07) is 8.85. The molecule has 20 heavy (non-hydrogen) atoms. The Bertz CT molecular complexity index is 572. The normalized spacial score (nSPS) is 10.2. The summed E-state index contributed by atoms with van der Waals surface area (Å²) in [5.41, 5.74) is 0.677. The molecule has 0 spiro atoms. The van der Waals surface area contributed by atoms with Gasteiger partial charge in [-0.1, -0.05) is 0 Å². The van der Waals surface area contributed by atoms with E-state index < -0.39 is 5.91 Å². The molecule has 5 nitrogen and oxygen atoms in total. The average Bonchev–Trinajstić information content (AvgIpc) is 2.47. The summed E-state index contributed by atoms with van der Waals surface area (Å²) in [5.74, 6) is -0.187. The van der Waals surface area contributed by atoms with Gasteiger partial charge in [-0.05, 0) is 36.0 Å². The zero-order valence-electron chi connectivity index (χ0n) is 10.4. The fourth-order valence-corrected chi connectivity index (χ4v) is 1.70. The molecule has 0 aliphatic carbocycles. The molecular formula is C13H11ClN4OS. The first-order valence-corrected chi connectivity index (χ1v) is 6.93. The second kappa shape index (κ2) is 8.87. The lowest BCUT2D eigenvalue weighted by molar-refractivity contribution is -0.117. The summed E-state index contributed by atoms with van der Waals surface area (Å²) in [4.78, 5) is 12.4. The number of carbonyl (C=O) groups is 1. The Morgan fingerprint density at radius 2 is 2.05 bits per heavy atom. The third-order valence-corrected chi connectivity index (χ3v) is 2.93. The number of hydrogen-bond acceptors (Lipinski definition) is 5. The summed E-state index contributed by atoms with van der Waals surface area (Å²) < 4.78 is 0. The number of alkyl halides is 1. The van der Waals surface area contributed by atoms with Crippen LogP contribution in [0.4, 0.5) is 5.69 Å². The van der Waals surface area contributed by atoms with Gasteiger partial charge in [0.15, 0.2) is 0 Å². The number of nitriles is 2. The van der Waals surface area contributed by atoms with E-state index in [-0.39, 0.29) is 11.5 Å². The number of amides is 1. The predicted molar refractivity (Wildman–Crippen MR) is 79.0 cm³/mol. The second-order valence-corrected chi connectivity index (χ2v) is 4.71. The number of nitrogens with one attached hydrogen (secondary N) is 2. The Hall–Kier alpha value is -2.15. The minimum atomic E-state index is -0.475. The zero-order valence-corrected chi connectivity index (χ0v) is 12.0. The van der Waals surface area contributed by atoms with Crippen LogP contribution in [0, 0.1) is 22.0 Å². The molecule has 0 radical (unpaired) electrons. The number of nitrogens with zero attached hydrogens (tertiary/aromatic N) is 2. The highest BCUT2D eigenvalue weighted by Crippen LogP contribution is 2.19. The Morgan fingerprint density at radius 1 is 1.35 bits per heavy atom. The molecule has 0 aliphatic heterocycles. The van der Waals surface area contributed by atoms with Gasteiger partial charge in [-0.2, -0.15) is 10.5 Å². The Labute approximate surface area is 126 Å². The van der Waals surface area contributed by atoms with Crippen LogP contribution in [0.15, 0.2) is 40.9 Å². The summed E-state index contributed by atoms with van der Waals surface area (Å²) in [7, 11) is 0. The molecule has 1 aromatic carbocycles. The first kappa shape index (κ1) is 15.9. The van der Waals surface area contributed by atoms with Crippen LogP contribution < -0.4 is 10.6 Å². The van der Waals surface area contributed by atoms with Crippen LogP contribution in [0.3, 0.4) is 0 Å². The third-order valence-electron chi connectivity index (χ3n) is 2.15. The largest absolute Gasteiger partial charge is 0.360 e. The van der Waals surface area contributed by atoms with Gasteiger partial charge in [0.1, 0.15) is 17.0 Å². The molecular weight excluding hydrogens is 296 g/mol. The van der Waals surface area contributed by atoms with Crippen molar-refractivity contribution in [3.05, 3.63) is 36.0 Å². The molecule has 0 saturated heterocycles. The minimum absolute atomic E-state index is 0.0365. The molecule has 2 N–H and O–H groups in total. The average molecular weight is 307 g/mol. The van der Waals surface area contributed by atoms with Gasteiger partial charge in [0.2, 0.25) is 0 Å². The van der Waals surface area contributed by atoms with Crippen molar-refractivity contribution in [1.29, 1.82) is 10.5 Å². The monoisotopic (exact) mass is 306 g/mol. The number of carbonyl (C=O) groups excluding carboxylic acids is 1. The number of benzene rings is 1. The first-order chi connectivity index (χ1) is 9.71. The van der Waals surface area contributed by atoms with Crippen molar-refractivity contribution in [3.8, 4) is 11.5 Å². The lowest BCUT2D eigenvalue weighted by Crippen LogP contribution is -2.26. The van der Waals surface area contributed by atoms with Crippen LogP contribution in [0.25, 0.3) is 0 Å². The molecule has 0 unspecified atom stereocenters. The van der Waals surface area contributed by atoms with E-state index >= 15 is 0 Å². The first-order valence-electron chi connectivity index (χ1n) is 5.58. The molecule has 0 atom stereocenters. The van der Waals surface area contributed by atoms with Gasteiger partial charge in [0, 0.05) is 29.2 Å². The second-order valence-electron chi connectivity index (χ2n) is 3.48. The van der Waals surface area contributed by atoms with E-state index in [4.69, 9.17) is 22.1 Å². The molecule has 7 heteroatoms. The van der Waals surface area contributed by atoms with Gasteiger partial charge < -0.3 is 10.6 Å². The molecule has 0 fully saturated rings. The molecule has 1 aromatic rings. The van der Waals surface area contributed by atoms with Gasteiger partial charge >= 0.3 is 0 Å². The fourth-order valence-electron chi connectivity index (χ4n) is 1.23. The van der Waals surface area contributed by atoms with E-state index in [2.05, 4.69) is 10.6 Å². The lowest BCUT2D eigenvalue weighted by atomic mass is 10.3. The van der Waals surface area contributed by atoms with Crippen LogP contribution >= 0.6 is 23.4 Å². The van der Waals surface area contributed by atoms with Crippen molar-refractivity contribution in [2.75, 3.05) is 17.7 Å². The summed E-state index contributed by atoms with van der Waals surface area (Å²) >= 11 is 6.51. The maximum atomic E-state index is 11.6. The molecule has 0 heterocycles. The van der Waals surface area contributed by atoms with E-state index in [1.54, 1.807) is 24.3 Å². The molecule has 0 bridgehead atoms. The highest BCUT2D eigenvalue weighted by Gasteiger charge is 2.07. The SMILES string of the molecule is N#CSc1ccc(N/C=C(/C#N)C(=O)NCCCl)cc1. The maximum Gasteiger partial charge on any atom is 0.263 e. The van der Waals surface area contributed by atoms with Crippen LogP contribution in [0.2, 0.25) is 0 Å². The molecule has 1 amide bonds. The highest BCUT2D eigenvalue weighted by atomic mass is 35.5. The van der Waals surface area contributed by atoms with Crippen molar-refractivity contribution >= 4 is 35.0 Å². The van der Waals surface area contributed by atoms with Gasteiger partial charge in [-0.25, -0.2) is 0 Å². The number of hydrogen-bond donors (Lipinski definition) is 2. The smallest absolute Gasteiger partial charge is 0.263 e. The van der Waals surface area contributed by atoms with Gasteiger partial charge in [-0.15, -0.1) is 11.6 Å². The number of thiocyanates is 1. The molecule has 1 rings (SSSR count). The number of thioether (sulfide) groups is 1. The maximum absolute atomic E-state index is 11.6. The standard InChI is InChI=1S/C13H11ClN4OS/c14-5-6-17-13(19)10(7-15)8-18-11-1-3-12(4-2-11)20-9-16/h1-4,8,18H,5-6H2,(H,17,19)/b10-8-. The third kappa shape index (κ3) is 5.23. The molecule has 0 saturated carbocycles. The highest BCUT2D eigenvalue weighted by molar-refractivity contribution is 8.03. The quantitative estimate of drug-likeness (QED) is 0.277. The number of rotatable bonds is 6. The van der Waals surface area contributed by atoms with Gasteiger partial charge in [0.05, 0.1) is 0 Å². The Kier molecular flexibility index (Phi) is 7.05. The van der Waals surface area contributed by atoms with Crippen LogP contribution in [0.5, 0.6) is 0 Å². The van der Waals surface area contributed by atoms with E-state index in [1.807, 2.05) is 11.5 Å². The minimum Gasteiger partial charge on any atom is -0.360 e. The topological polar surface area (TPSA) is 88.7 Å². The zero-order chi connectivity index (χ0) is 14.8. The summed E-state index contributed by atoms with van der Waals surface area (Å²) in [6.07, 6.45) is 1.33. The van der Waals surface area contributed by atoms with Crippen LogP contribution in [-0.4, -0.2) is 18.3 Å². The number of halogens is 1. The summed E-state index contributed by atoms with van der Waals surface area (Å²) in [5, 5.41) is 24.8. The van der Waals surface area contributed by atoms with Crippen molar-refractivity contribution in [3.63, 3.8) is 0 Å². The number of anilines is 1.